The molecule has 4 heteroatoms. The minimum atomic E-state index is -0.473. The van der Waals surface area contributed by atoms with Crippen molar-refractivity contribution in [3.8, 4) is 0 Å². The van der Waals surface area contributed by atoms with Crippen LogP contribution in [-0.2, 0) is 13.6 Å². The van der Waals surface area contributed by atoms with Gasteiger partial charge >= 0.3 is 0 Å². The molecule has 0 aliphatic carbocycles. The highest BCUT2D eigenvalue weighted by atomic mass is 16.3. The van der Waals surface area contributed by atoms with E-state index in [2.05, 4.69) is 29.8 Å². The van der Waals surface area contributed by atoms with Crippen LogP contribution in [0, 0.1) is 13.8 Å². The molecule has 0 aliphatic heterocycles. The maximum atomic E-state index is 10.4. The number of nitrogens with zero attached hydrogens (tertiary/aromatic N) is 3. The number of likely N-dealkylation sites (N-methyl/N-ethyl adjacent to an activating group) is 1. The van der Waals surface area contributed by atoms with Gasteiger partial charge in [0.25, 0.3) is 0 Å². The lowest BCUT2D eigenvalue weighted by Gasteiger charge is -2.21. The van der Waals surface area contributed by atoms with Gasteiger partial charge in [-0.05, 0) is 26.5 Å². The first kappa shape index (κ1) is 14.8. The van der Waals surface area contributed by atoms with Crippen molar-refractivity contribution < 1.29 is 5.11 Å². The number of aryl methyl sites for hydroxylation is 3. The third-order valence-electron chi connectivity index (χ3n) is 3.45. The van der Waals surface area contributed by atoms with E-state index in [-0.39, 0.29) is 0 Å². The Morgan fingerprint density at radius 2 is 1.90 bits per heavy atom. The predicted octanol–water partition coefficient (Wildman–Crippen LogP) is 2.20. The lowest BCUT2D eigenvalue weighted by atomic mass is 10.0. The molecule has 0 saturated carbocycles. The fraction of sp³-hybridized carbons (Fsp3) is 0.438. The molecule has 108 valence electrons. The highest BCUT2D eigenvalue weighted by Gasteiger charge is 2.13. The predicted molar refractivity (Wildman–Crippen MR) is 80.4 cm³/mol. The molecule has 0 amide bonds. The molecule has 1 aromatic heterocycles. The average Bonchev–Trinajstić information content (AvgIpc) is 2.73. The van der Waals surface area contributed by atoms with E-state index in [4.69, 9.17) is 0 Å². The van der Waals surface area contributed by atoms with Crippen molar-refractivity contribution in [3.63, 3.8) is 0 Å². The molecular formula is C16H23N3O. The van der Waals surface area contributed by atoms with Gasteiger partial charge in [0.1, 0.15) is 5.82 Å². The van der Waals surface area contributed by atoms with E-state index in [0.29, 0.717) is 6.54 Å². The van der Waals surface area contributed by atoms with Gasteiger partial charge in [0.15, 0.2) is 0 Å². The quantitative estimate of drug-likeness (QED) is 0.908. The maximum absolute atomic E-state index is 10.4. The second-order valence-corrected chi connectivity index (χ2v) is 5.59. The van der Waals surface area contributed by atoms with Gasteiger partial charge in [-0.15, -0.1) is 0 Å². The van der Waals surface area contributed by atoms with Gasteiger partial charge < -0.3 is 9.67 Å². The standard InChI is InChI=1S/C16H23N3O/c1-12-7-13(2)9-14(8-12)15(20)10-18(3)11-16-17-5-6-19(16)4/h5-9,15,20H,10-11H2,1-4H3. The lowest BCUT2D eigenvalue weighted by molar-refractivity contribution is 0.122. The summed E-state index contributed by atoms with van der Waals surface area (Å²) in [7, 11) is 3.98. The minimum Gasteiger partial charge on any atom is -0.387 e. The molecule has 1 atom stereocenters. The zero-order valence-electron chi connectivity index (χ0n) is 12.7. The number of aliphatic hydroxyl groups excluding tert-OH is 1. The summed E-state index contributed by atoms with van der Waals surface area (Å²) in [5.74, 6) is 1.00. The largest absolute Gasteiger partial charge is 0.387 e. The Labute approximate surface area is 120 Å². The van der Waals surface area contributed by atoms with Crippen LogP contribution >= 0.6 is 0 Å². The number of aliphatic hydroxyl groups is 1. The summed E-state index contributed by atoms with van der Waals surface area (Å²) in [6, 6.07) is 6.21. The van der Waals surface area contributed by atoms with E-state index in [0.717, 1.165) is 17.9 Å². The maximum Gasteiger partial charge on any atom is 0.122 e. The van der Waals surface area contributed by atoms with Crippen LogP contribution in [-0.4, -0.2) is 33.1 Å². The Kier molecular flexibility index (Phi) is 4.57. The third-order valence-corrected chi connectivity index (χ3v) is 3.45. The van der Waals surface area contributed by atoms with Crippen LogP contribution in [0.1, 0.15) is 28.6 Å². The highest BCUT2D eigenvalue weighted by molar-refractivity contribution is 5.30. The number of hydrogen-bond donors (Lipinski definition) is 1. The molecule has 2 aromatic rings. The second-order valence-electron chi connectivity index (χ2n) is 5.59. The summed E-state index contributed by atoms with van der Waals surface area (Å²) < 4.78 is 2.00. The number of benzene rings is 1. The molecule has 4 nitrogen and oxygen atoms in total. The summed E-state index contributed by atoms with van der Waals surface area (Å²) in [6.07, 6.45) is 3.26. The Bertz CT molecular complexity index is 557. The number of aromatic nitrogens is 2. The van der Waals surface area contributed by atoms with Crippen molar-refractivity contribution in [2.45, 2.75) is 26.5 Å². The van der Waals surface area contributed by atoms with Gasteiger partial charge in [-0.1, -0.05) is 29.3 Å². The third kappa shape index (κ3) is 3.68. The topological polar surface area (TPSA) is 41.3 Å². The monoisotopic (exact) mass is 273 g/mol. The van der Waals surface area contributed by atoms with Crippen LogP contribution in [0.5, 0.6) is 0 Å². The molecule has 0 radical (unpaired) electrons. The minimum absolute atomic E-state index is 0.473. The zero-order valence-corrected chi connectivity index (χ0v) is 12.7. The van der Waals surface area contributed by atoms with E-state index in [9.17, 15) is 5.11 Å². The molecule has 1 heterocycles. The Morgan fingerprint density at radius 3 is 2.45 bits per heavy atom. The molecule has 0 fully saturated rings. The van der Waals surface area contributed by atoms with Gasteiger partial charge in [-0.2, -0.15) is 0 Å². The summed E-state index contributed by atoms with van der Waals surface area (Å²) >= 11 is 0. The summed E-state index contributed by atoms with van der Waals surface area (Å²) in [6.45, 7) is 5.43. The zero-order chi connectivity index (χ0) is 14.7. The molecule has 20 heavy (non-hydrogen) atoms. The van der Waals surface area contributed by atoms with Crippen LogP contribution in [0.25, 0.3) is 0 Å². The fourth-order valence-electron chi connectivity index (χ4n) is 2.46. The lowest BCUT2D eigenvalue weighted by Crippen LogP contribution is -2.25. The molecule has 0 saturated heterocycles. The second kappa shape index (κ2) is 6.20. The van der Waals surface area contributed by atoms with E-state index in [1.54, 1.807) is 6.20 Å². The summed E-state index contributed by atoms with van der Waals surface area (Å²) in [5, 5.41) is 10.4. The fourth-order valence-corrected chi connectivity index (χ4v) is 2.46. The first-order chi connectivity index (χ1) is 9.45. The Hall–Kier alpha value is -1.65. The Morgan fingerprint density at radius 1 is 1.25 bits per heavy atom. The summed E-state index contributed by atoms with van der Waals surface area (Å²) in [4.78, 5) is 6.39. The number of hydrogen-bond acceptors (Lipinski definition) is 3. The first-order valence-electron chi connectivity index (χ1n) is 6.86. The van der Waals surface area contributed by atoms with Crippen molar-refractivity contribution in [2.24, 2.45) is 7.05 Å². The number of rotatable bonds is 5. The normalized spacial score (nSPS) is 12.9. The highest BCUT2D eigenvalue weighted by Crippen LogP contribution is 2.18. The van der Waals surface area contributed by atoms with Crippen LogP contribution < -0.4 is 0 Å². The van der Waals surface area contributed by atoms with Crippen LogP contribution in [0.2, 0.25) is 0 Å². The molecule has 0 spiro atoms. The van der Waals surface area contributed by atoms with E-state index in [1.807, 2.05) is 37.0 Å². The van der Waals surface area contributed by atoms with Crippen molar-refractivity contribution >= 4 is 0 Å². The van der Waals surface area contributed by atoms with Gasteiger partial charge in [0.05, 0.1) is 12.6 Å². The summed E-state index contributed by atoms with van der Waals surface area (Å²) in [5.41, 5.74) is 3.35. The van der Waals surface area contributed by atoms with Crippen LogP contribution in [0.3, 0.4) is 0 Å². The van der Waals surface area contributed by atoms with Crippen molar-refractivity contribution in [2.75, 3.05) is 13.6 Å². The molecule has 0 aliphatic rings. The molecule has 0 bridgehead atoms. The Balaban J connectivity index is 2.00. The van der Waals surface area contributed by atoms with Crippen molar-refractivity contribution in [1.29, 1.82) is 0 Å². The van der Waals surface area contributed by atoms with Crippen molar-refractivity contribution in [3.05, 3.63) is 53.1 Å². The molecular weight excluding hydrogens is 250 g/mol. The van der Waals surface area contributed by atoms with Gasteiger partial charge in [0.2, 0.25) is 0 Å². The molecule has 1 unspecified atom stereocenters. The molecule has 2 rings (SSSR count). The smallest absolute Gasteiger partial charge is 0.122 e. The van der Waals surface area contributed by atoms with Crippen LogP contribution in [0.4, 0.5) is 0 Å². The molecule has 1 aromatic carbocycles. The van der Waals surface area contributed by atoms with Gasteiger partial charge in [-0.3, -0.25) is 4.90 Å². The van der Waals surface area contributed by atoms with E-state index >= 15 is 0 Å². The van der Waals surface area contributed by atoms with Gasteiger partial charge in [-0.25, -0.2) is 4.98 Å². The van der Waals surface area contributed by atoms with Crippen molar-refractivity contribution in [1.82, 2.24) is 14.5 Å². The molecule has 1 N–H and O–H groups in total. The number of imidazole rings is 1. The SMILES string of the molecule is Cc1cc(C)cc(C(O)CN(C)Cc2nccn2C)c1. The first-order valence-corrected chi connectivity index (χ1v) is 6.86. The average molecular weight is 273 g/mol. The van der Waals surface area contributed by atoms with Gasteiger partial charge in [0, 0.05) is 26.0 Å². The van der Waals surface area contributed by atoms with Crippen LogP contribution in [0.15, 0.2) is 30.6 Å². The van der Waals surface area contributed by atoms with E-state index in [1.165, 1.54) is 11.1 Å². The van der Waals surface area contributed by atoms with E-state index < -0.39 is 6.10 Å².